The third-order valence-corrected chi connectivity index (χ3v) is 5.57. The largest absolute Gasteiger partial charge is 0.466 e. The molecule has 0 aliphatic carbocycles. The van der Waals surface area contributed by atoms with Crippen LogP contribution in [0.25, 0.3) is 0 Å². The highest BCUT2D eigenvalue weighted by molar-refractivity contribution is 5.91. The van der Waals surface area contributed by atoms with E-state index >= 15 is 0 Å². The molecule has 0 saturated heterocycles. The summed E-state index contributed by atoms with van der Waals surface area (Å²) in [6, 6.07) is 11.6. The Labute approximate surface area is 187 Å². The zero-order valence-corrected chi connectivity index (χ0v) is 19.8. The molecule has 0 N–H and O–H groups in total. The van der Waals surface area contributed by atoms with Gasteiger partial charge >= 0.3 is 11.9 Å². The van der Waals surface area contributed by atoms with Crippen LogP contribution in [-0.4, -0.2) is 18.5 Å². The van der Waals surface area contributed by atoms with Gasteiger partial charge in [-0.3, -0.25) is 4.79 Å². The van der Waals surface area contributed by atoms with Crippen LogP contribution in [0.5, 0.6) is 5.75 Å². The second kappa shape index (κ2) is 11.1. The Kier molecular flexibility index (Phi) is 8.85. The van der Waals surface area contributed by atoms with Crippen LogP contribution in [-0.2, 0) is 27.8 Å². The molecule has 4 nitrogen and oxygen atoms in total. The lowest BCUT2D eigenvalue weighted by Crippen LogP contribution is -2.19. The Morgan fingerprint density at radius 3 is 2.23 bits per heavy atom. The lowest BCUT2D eigenvalue weighted by Gasteiger charge is -2.27. The van der Waals surface area contributed by atoms with Crippen molar-refractivity contribution in [2.45, 2.75) is 79.1 Å². The molecule has 168 valence electrons. The molecule has 0 unspecified atom stereocenters. The normalized spacial score (nSPS) is 11.3. The molecule has 0 aromatic heterocycles. The Balaban J connectivity index is 2.39. The van der Waals surface area contributed by atoms with Gasteiger partial charge in [-0.05, 0) is 60.9 Å². The van der Waals surface area contributed by atoms with E-state index in [-0.39, 0.29) is 17.8 Å². The summed E-state index contributed by atoms with van der Waals surface area (Å²) in [5.41, 5.74) is 4.32. The summed E-state index contributed by atoms with van der Waals surface area (Å²) >= 11 is 0. The molecule has 0 saturated carbocycles. The van der Waals surface area contributed by atoms with Crippen molar-refractivity contribution in [3.05, 3.63) is 64.2 Å². The number of benzene rings is 2. The van der Waals surface area contributed by atoms with Crippen LogP contribution in [0.3, 0.4) is 0 Å². The molecule has 2 aromatic carbocycles. The highest BCUT2D eigenvalue weighted by atomic mass is 16.5. The maximum absolute atomic E-state index is 12.8. The first-order valence-electron chi connectivity index (χ1n) is 11.3. The van der Waals surface area contributed by atoms with Gasteiger partial charge in [-0.25, -0.2) is 4.79 Å². The van der Waals surface area contributed by atoms with Gasteiger partial charge in [-0.2, -0.15) is 0 Å². The molecule has 2 aromatic rings. The van der Waals surface area contributed by atoms with E-state index in [9.17, 15) is 9.59 Å². The van der Waals surface area contributed by atoms with Crippen molar-refractivity contribution in [2.24, 2.45) is 0 Å². The second-order valence-electron chi connectivity index (χ2n) is 8.73. The molecule has 0 fully saturated rings. The van der Waals surface area contributed by atoms with Crippen molar-refractivity contribution in [3.63, 3.8) is 0 Å². The predicted octanol–water partition coefficient (Wildman–Crippen LogP) is 6.35. The van der Waals surface area contributed by atoms with Gasteiger partial charge in [0, 0.05) is 5.56 Å². The summed E-state index contributed by atoms with van der Waals surface area (Å²) in [5, 5.41) is 0. The molecule has 0 atom stereocenters. The number of hydrogen-bond donors (Lipinski definition) is 0. The third-order valence-electron chi connectivity index (χ3n) is 5.57. The SMILES string of the molecule is CCCc1ccc(C(=O)Oc2c(C)cc(C(C)(C)CCC)cc2CC(=O)OCC)cc1. The highest BCUT2D eigenvalue weighted by Crippen LogP contribution is 2.35. The van der Waals surface area contributed by atoms with Gasteiger partial charge in [0.2, 0.25) is 0 Å². The summed E-state index contributed by atoms with van der Waals surface area (Å²) in [6.45, 7) is 12.7. The van der Waals surface area contributed by atoms with Crippen LogP contribution in [0.15, 0.2) is 36.4 Å². The summed E-state index contributed by atoms with van der Waals surface area (Å²) in [7, 11) is 0. The minimum atomic E-state index is -0.420. The van der Waals surface area contributed by atoms with Gasteiger partial charge in [0.1, 0.15) is 5.75 Å². The summed E-state index contributed by atoms with van der Waals surface area (Å²) in [5.74, 6) is -0.294. The summed E-state index contributed by atoms with van der Waals surface area (Å²) in [6.07, 6.45) is 4.19. The lowest BCUT2D eigenvalue weighted by molar-refractivity contribution is -0.142. The number of esters is 2. The van der Waals surface area contributed by atoms with Gasteiger partial charge in [0.05, 0.1) is 18.6 Å². The average Bonchev–Trinajstić information content (AvgIpc) is 2.71. The quantitative estimate of drug-likeness (QED) is 0.329. The first-order chi connectivity index (χ1) is 14.7. The maximum atomic E-state index is 12.8. The van der Waals surface area contributed by atoms with Crippen molar-refractivity contribution in [1.82, 2.24) is 0 Å². The first-order valence-corrected chi connectivity index (χ1v) is 11.3. The van der Waals surface area contributed by atoms with Crippen molar-refractivity contribution in [3.8, 4) is 5.75 Å². The monoisotopic (exact) mass is 424 g/mol. The number of rotatable bonds is 10. The zero-order chi connectivity index (χ0) is 23.0. The Morgan fingerprint density at radius 1 is 0.968 bits per heavy atom. The third kappa shape index (κ3) is 6.68. The predicted molar refractivity (Wildman–Crippen MR) is 125 cm³/mol. The Morgan fingerprint density at radius 2 is 1.65 bits per heavy atom. The standard InChI is InChI=1S/C27H36O4/c1-7-10-20-11-13-21(14-12-20)26(29)31-25-19(4)16-23(27(5,6)15-8-2)17-22(25)18-24(28)30-9-3/h11-14,16-17H,7-10,15,18H2,1-6H3. The highest BCUT2D eigenvalue weighted by Gasteiger charge is 2.24. The smallest absolute Gasteiger partial charge is 0.343 e. The number of carbonyl (C=O) groups is 2. The molecular formula is C27H36O4. The molecule has 2 rings (SSSR count). The van der Waals surface area contributed by atoms with Gasteiger partial charge < -0.3 is 9.47 Å². The van der Waals surface area contributed by atoms with E-state index in [0.29, 0.717) is 23.5 Å². The van der Waals surface area contributed by atoms with Crippen molar-refractivity contribution < 1.29 is 19.1 Å². The van der Waals surface area contributed by atoms with Crippen LogP contribution in [0.2, 0.25) is 0 Å². The Bertz CT molecular complexity index is 894. The molecule has 0 amide bonds. The van der Waals surface area contributed by atoms with Crippen molar-refractivity contribution >= 4 is 11.9 Å². The fraction of sp³-hybridized carbons (Fsp3) is 0.481. The molecule has 0 aliphatic heterocycles. The minimum absolute atomic E-state index is 0.0411. The van der Waals surface area contributed by atoms with E-state index in [1.807, 2.05) is 25.1 Å². The van der Waals surface area contributed by atoms with Crippen LogP contribution in [0.4, 0.5) is 0 Å². The fourth-order valence-electron chi connectivity index (χ4n) is 3.90. The zero-order valence-electron chi connectivity index (χ0n) is 19.8. The number of aryl methyl sites for hydroxylation is 2. The molecule has 4 heteroatoms. The summed E-state index contributed by atoms with van der Waals surface area (Å²) in [4.78, 5) is 25.1. The van der Waals surface area contributed by atoms with Crippen LogP contribution < -0.4 is 4.74 Å². The van der Waals surface area contributed by atoms with Gasteiger partial charge in [0.25, 0.3) is 0 Å². The van der Waals surface area contributed by atoms with E-state index in [4.69, 9.17) is 9.47 Å². The first kappa shape index (κ1) is 24.6. The molecule has 0 spiro atoms. The summed E-state index contributed by atoms with van der Waals surface area (Å²) < 4.78 is 11.0. The number of hydrogen-bond acceptors (Lipinski definition) is 4. The minimum Gasteiger partial charge on any atom is -0.466 e. The molecular weight excluding hydrogens is 388 g/mol. The lowest BCUT2D eigenvalue weighted by atomic mass is 9.79. The topological polar surface area (TPSA) is 52.6 Å². The van der Waals surface area contributed by atoms with E-state index in [2.05, 4.69) is 33.8 Å². The number of carbonyl (C=O) groups excluding carboxylic acids is 2. The van der Waals surface area contributed by atoms with Crippen LogP contribution in [0, 0.1) is 6.92 Å². The average molecular weight is 425 g/mol. The molecule has 0 bridgehead atoms. The maximum Gasteiger partial charge on any atom is 0.343 e. The van der Waals surface area contributed by atoms with E-state index in [1.165, 1.54) is 5.56 Å². The van der Waals surface area contributed by atoms with Gasteiger partial charge in [0.15, 0.2) is 0 Å². The fourth-order valence-corrected chi connectivity index (χ4v) is 3.90. The van der Waals surface area contributed by atoms with Gasteiger partial charge in [-0.1, -0.05) is 64.8 Å². The molecule has 31 heavy (non-hydrogen) atoms. The number of ether oxygens (including phenoxy) is 2. The van der Waals surface area contributed by atoms with Crippen LogP contribution >= 0.6 is 0 Å². The molecule has 0 heterocycles. The second-order valence-corrected chi connectivity index (χ2v) is 8.73. The van der Waals surface area contributed by atoms with Crippen LogP contribution in [0.1, 0.15) is 86.5 Å². The Hall–Kier alpha value is -2.62. The van der Waals surface area contributed by atoms with E-state index in [1.54, 1.807) is 19.1 Å². The van der Waals surface area contributed by atoms with E-state index in [0.717, 1.165) is 36.8 Å². The van der Waals surface area contributed by atoms with Crippen molar-refractivity contribution in [1.29, 1.82) is 0 Å². The van der Waals surface area contributed by atoms with E-state index < -0.39 is 5.97 Å². The van der Waals surface area contributed by atoms with Crippen molar-refractivity contribution in [2.75, 3.05) is 6.61 Å². The van der Waals surface area contributed by atoms with Gasteiger partial charge in [-0.15, -0.1) is 0 Å². The molecule has 0 radical (unpaired) electrons. The molecule has 0 aliphatic rings.